The van der Waals surface area contributed by atoms with Gasteiger partial charge in [-0.15, -0.1) is 11.3 Å². The van der Waals surface area contributed by atoms with Gasteiger partial charge in [0.2, 0.25) is 5.95 Å². The zero-order valence-electron chi connectivity index (χ0n) is 30.7. The Balaban J connectivity index is 1.17. The van der Waals surface area contributed by atoms with Crippen molar-refractivity contribution in [1.29, 1.82) is 0 Å². The average Bonchev–Trinajstić information content (AvgIpc) is 3.96. The monoisotopic (exact) mass is 744 g/mol. The van der Waals surface area contributed by atoms with Gasteiger partial charge in [-0.25, -0.2) is 9.97 Å². The number of nitrogens with zero attached hydrogens (tertiary/aromatic N) is 4. The van der Waals surface area contributed by atoms with E-state index < -0.39 is 0 Å². The Morgan fingerprint density at radius 3 is 1.86 bits per heavy atom. The van der Waals surface area contributed by atoms with Crippen molar-refractivity contribution in [2.45, 2.75) is 0 Å². The summed E-state index contributed by atoms with van der Waals surface area (Å²) in [6.45, 7) is 0. The van der Waals surface area contributed by atoms with Gasteiger partial charge in [-0.1, -0.05) is 146 Å². The van der Waals surface area contributed by atoms with Gasteiger partial charge in [-0.2, -0.15) is 0 Å². The molecule has 0 aliphatic carbocycles. The number of aromatic nitrogens is 4. The molecule has 0 amide bonds. The molecule has 0 atom stereocenters. The van der Waals surface area contributed by atoms with Crippen LogP contribution in [0.2, 0.25) is 0 Å². The minimum Gasteiger partial charge on any atom is -0.309 e. The third-order valence-corrected chi connectivity index (χ3v) is 12.4. The maximum atomic E-state index is 5.47. The van der Waals surface area contributed by atoms with Crippen molar-refractivity contribution in [2.24, 2.45) is 0 Å². The van der Waals surface area contributed by atoms with Crippen LogP contribution in [0.25, 0.3) is 110 Å². The molecule has 0 spiro atoms. The highest BCUT2D eigenvalue weighted by Crippen LogP contribution is 2.43. The average molecular weight is 745 g/mol. The largest absolute Gasteiger partial charge is 0.309 e. The summed E-state index contributed by atoms with van der Waals surface area (Å²) in [4.78, 5) is 10.9. The van der Waals surface area contributed by atoms with Gasteiger partial charge in [0.15, 0.2) is 0 Å². The van der Waals surface area contributed by atoms with Crippen molar-refractivity contribution in [1.82, 2.24) is 19.1 Å². The topological polar surface area (TPSA) is 35.6 Å². The summed E-state index contributed by atoms with van der Waals surface area (Å²) in [5, 5.41) is 9.41. The van der Waals surface area contributed by atoms with Crippen LogP contribution < -0.4 is 0 Å². The summed E-state index contributed by atoms with van der Waals surface area (Å²) in [6.07, 6.45) is 0. The molecule has 0 N–H and O–H groups in total. The van der Waals surface area contributed by atoms with E-state index in [4.69, 9.17) is 9.97 Å². The number of rotatable bonds is 5. The first kappa shape index (κ1) is 32.0. The molecule has 12 aromatic rings. The number of fused-ring (bicyclic) bond motifs is 8. The van der Waals surface area contributed by atoms with Gasteiger partial charge in [-0.05, 0) is 64.4 Å². The molecule has 0 unspecified atom stereocenters. The lowest BCUT2D eigenvalue weighted by molar-refractivity contribution is 1.02. The second-order valence-corrected chi connectivity index (χ2v) is 15.5. The molecule has 0 aliphatic rings. The Bertz CT molecular complexity index is 3510. The third kappa shape index (κ3) is 4.93. The quantitative estimate of drug-likeness (QED) is 0.176. The molecule has 0 aliphatic heterocycles. The fraction of sp³-hybridized carbons (Fsp3) is 0. The number of hydrogen-bond acceptors (Lipinski definition) is 3. The molecule has 4 heterocycles. The molecular formula is C52H32N4S. The third-order valence-electron chi connectivity index (χ3n) is 11.4. The van der Waals surface area contributed by atoms with Gasteiger partial charge >= 0.3 is 0 Å². The van der Waals surface area contributed by atoms with Gasteiger partial charge in [0.05, 0.1) is 38.0 Å². The molecular weight excluding hydrogens is 713 g/mol. The van der Waals surface area contributed by atoms with E-state index in [0.29, 0.717) is 5.95 Å². The van der Waals surface area contributed by atoms with Crippen molar-refractivity contribution in [3.63, 3.8) is 0 Å². The van der Waals surface area contributed by atoms with Crippen molar-refractivity contribution >= 4 is 75.9 Å². The lowest BCUT2D eigenvalue weighted by Gasteiger charge is -2.12. The second-order valence-electron chi connectivity index (χ2n) is 14.6. The number of benzene rings is 8. The molecule has 0 fully saturated rings. The number of thiophene rings is 1. The smallest absolute Gasteiger partial charge is 0.235 e. The first-order valence-corrected chi connectivity index (χ1v) is 20.1. The number of para-hydroxylation sites is 3. The molecule has 4 aromatic heterocycles. The van der Waals surface area contributed by atoms with Gasteiger partial charge < -0.3 is 4.57 Å². The van der Waals surface area contributed by atoms with Gasteiger partial charge in [0.25, 0.3) is 0 Å². The summed E-state index contributed by atoms with van der Waals surface area (Å²) in [7, 11) is 0. The molecule has 0 saturated heterocycles. The Morgan fingerprint density at radius 2 is 1.05 bits per heavy atom. The van der Waals surface area contributed by atoms with Crippen LogP contribution in [0.4, 0.5) is 0 Å². The van der Waals surface area contributed by atoms with E-state index in [9.17, 15) is 0 Å². The van der Waals surface area contributed by atoms with Crippen LogP contribution in [0.5, 0.6) is 0 Å². The zero-order valence-corrected chi connectivity index (χ0v) is 31.5. The lowest BCUT2D eigenvalue weighted by atomic mass is 9.99. The molecule has 4 nitrogen and oxygen atoms in total. The molecule has 12 rings (SSSR count). The first-order chi connectivity index (χ1) is 28.3. The van der Waals surface area contributed by atoms with E-state index in [1.807, 2.05) is 0 Å². The highest BCUT2D eigenvalue weighted by molar-refractivity contribution is 7.18. The van der Waals surface area contributed by atoms with E-state index in [1.54, 1.807) is 11.3 Å². The summed E-state index contributed by atoms with van der Waals surface area (Å²) in [5.41, 5.74) is 13.3. The van der Waals surface area contributed by atoms with Crippen LogP contribution in [0.15, 0.2) is 193 Å². The molecule has 0 saturated carbocycles. The fourth-order valence-corrected chi connectivity index (χ4v) is 9.83. The lowest BCUT2D eigenvalue weighted by Crippen LogP contribution is -2.03. The maximum absolute atomic E-state index is 5.47. The Labute approximate surface area is 332 Å². The van der Waals surface area contributed by atoms with Crippen LogP contribution >= 0.6 is 11.3 Å². The molecule has 8 aromatic carbocycles. The fourth-order valence-electron chi connectivity index (χ4n) is 8.81. The van der Waals surface area contributed by atoms with Crippen LogP contribution in [-0.2, 0) is 0 Å². The van der Waals surface area contributed by atoms with Gasteiger partial charge in [-0.3, -0.25) is 4.57 Å². The van der Waals surface area contributed by atoms with Crippen molar-refractivity contribution in [3.8, 4) is 45.1 Å². The van der Waals surface area contributed by atoms with E-state index >= 15 is 0 Å². The van der Waals surface area contributed by atoms with E-state index in [2.05, 4.69) is 203 Å². The number of hydrogen-bond donors (Lipinski definition) is 0. The van der Waals surface area contributed by atoms with Crippen molar-refractivity contribution in [3.05, 3.63) is 193 Å². The predicted molar refractivity (Wildman–Crippen MR) is 240 cm³/mol. The van der Waals surface area contributed by atoms with Crippen LogP contribution in [0.3, 0.4) is 0 Å². The highest BCUT2D eigenvalue weighted by atomic mass is 32.1. The molecule has 266 valence electrons. The molecule has 5 heteroatoms. The Hall–Kier alpha value is -7.34. The zero-order chi connectivity index (χ0) is 37.5. The maximum Gasteiger partial charge on any atom is 0.235 e. The summed E-state index contributed by atoms with van der Waals surface area (Å²) in [6, 6.07) is 67.4. The van der Waals surface area contributed by atoms with Crippen LogP contribution in [-0.4, -0.2) is 19.1 Å². The van der Waals surface area contributed by atoms with Crippen molar-refractivity contribution in [2.75, 3.05) is 0 Å². The first-order valence-electron chi connectivity index (χ1n) is 19.2. The van der Waals surface area contributed by atoms with Gasteiger partial charge in [0, 0.05) is 49.3 Å². The Morgan fingerprint density at radius 1 is 0.404 bits per heavy atom. The minimum atomic E-state index is 0.659. The van der Waals surface area contributed by atoms with E-state index in [0.717, 1.165) is 60.3 Å². The molecule has 0 radical (unpaired) electrons. The minimum absolute atomic E-state index is 0.659. The molecule has 0 bridgehead atoms. The SMILES string of the molecule is c1ccc(-c2csc3c(-c4ccccc4)nc(-n4c5ccc(-c6cccc7c8ccccc8n(-c8ccccc8)c67)cc5c5cc6ccccc6cc54)nc23)cc1. The highest BCUT2D eigenvalue weighted by Gasteiger charge is 2.22. The van der Waals surface area contributed by atoms with E-state index in [-0.39, 0.29) is 0 Å². The summed E-state index contributed by atoms with van der Waals surface area (Å²) in [5.74, 6) is 0.659. The predicted octanol–water partition coefficient (Wildman–Crippen LogP) is 14.0. The van der Waals surface area contributed by atoms with Gasteiger partial charge in [0.1, 0.15) is 0 Å². The van der Waals surface area contributed by atoms with Crippen molar-refractivity contribution < 1.29 is 0 Å². The summed E-state index contributed by atoms with van der Waals surface area (Å²) >= 11 is 1.71. The standard InChI is InChI=1S/C52H32N4S/c1-4-15-33(16-5-1)44-32-57-51-48(34-17-6-2-7-18-34)53-52(54-49(44)51)56-46-28-27-37(30-42(46)43-29-35-19-10-11-20-36(35)31-47(43)56)39-24-14-25-41-40-23-12-13-26-45(40)55(50(39)41)38-21-8-3-9-22-38/h1-32H. The van der Waals surface area contributed by atoms with Crippen LogP contribution in [0, 0.1) is 0 Å². The van der Waals surface area contributed by atoms with E-state index in [1.165, 1.54) is 43.5 Å². The Kier molecular flexibility index (Phi) is 7.06. The second kappa shape index (κ2) is 12.6. The molecule has 57 heavy (non-hydrogen) atoms. The summed E-state index contributed by atoms with van der Waals surface area (Å²) < 4.78 is 5.78. The van der Waals surface area contributed by atoms with Crippen LogP contribution in [0.1, 0.15) is 0 Å². The normalized spacial score (nSPS) is 11.9.